The molecule has 28 heavy (non-hydrogen) atoms. The molecular weight excluding hydrogens is 386 g/mol. The van der Waals surface area contributed by atoms with Gasteiger partial charge in [-0.1, -0.05) is 18.2 Å². The summed E-state index contributed by atoms with van der Waals surface area (Å²) in [5.74, 6) is -2.13. The fourth-order valence-corrected chi connectivity index (χ4v) is 4.48. The number of aromatic hydroxyl groups is 1. The normalized spacial score (nSPS) is 11.4. The predicted octanol–water partition coefficient (Wildman–Crippen LogP) is 2.29. The molecule has 0 atom stereocenters. The number of sulfone groups is 1. The van der Waals surface area contributed by atoms with Gasteiger partial charge in [0.05, 0.1) is 29.5 Å². The van der Waals surface area contributed by atoms with E-state index in [-0.39, 0.29) is 32.0 Å². The molecule has 2 aromatic carbocycles. The lowest BCUT2D eigenvalue weighted by atomic mass is 10.1. The lowest BCUT2D eigenvalue weighted by molar-refractivity contribution is 0.0585. The number of esters is 2. The summed E-state index contributed by atoms with van der Waals surface area (Å²) in [6.45, 7) is 0. The summed E-state index contributed by atoms with van der Waals surface area (Å²) in [5, 5.41) is 10.7. The average molecular weight is 403 g/mol. The number of aromatic nitrogens is 1. The van der Waals surface area contributed by atoms with Gasteiger partial charge in [0.1, 0.15) is 11.3 Å². The van der Waals surface area contributed by atoms with Crippen LogP contribution in [0.3, 0.4) is 0 Å². The van der Waals surface area contributed by atoms with Gasteiger partial charge in [0.25, 0.3) is 0 Å². The summed E-state index contributed by atoms with van der Waals surface area (Å²) >= 11 is 0. The minimum absolute atomic E-state index is 0.00118. The average Bonchev–Trinajstić information content (AvgIpc) is 3.05. The molecule has 3 rings (SSSR count). The van der Waals surface area contributed by atoms with E-state index in [1.54, 1.807) is 18.2 Å². The van der Waals surface area contributed by atoms with Crippen molar-refractivity contribution < 1.29 is 32.6 Å². The minimum atomic E-state index is -4.07. The molecular formula is C19H17NO7S. The van der Waals surface area contributed by atoms with Crippen molar-refractivity contribution in [3.8, 4) is 5.75 Å². The molecule has 0 amide bonds. The fourth-order valence-electron chi connectivity index (χ4n) is 3.00. The third-order valence-electron chi connectivity index (χ3n) is 4.40. The van der Waals surface area contributed by atoms with Crippen LogP contribution in [0.4, 0.5) is 0 Å². The molecule has 3 aromatic rings. The van der Waals surface area contributed by atoms with E-state index >= 15 is 0 Å². The number of aryl methyl sites for hydroxylation is 1. The summed E-state index contributed by atoms with van der Waals surface area (Å²) in [6, 6.07) is 9.98. The number of carbonyl (C=O) groups excluding carboxylic acids is 2. The summed E-state index contributed by atoms with van der Waals surface area (Å²) in [5.41, 5.74) is -0.320. The van der Waals surface area contributed by atoms with Gasteiger partial charge < -0.3 is 19.1 Å². The van der Waals surface area contributed by atoms with Crippen LogP contribution in [0.25, 0.3) is 10.9 Å². The number of hydrogen-bond acceptors (Lipinski definition) is 7. The van der Waals surface area contributed by atoms with Crippen LogP contribution in [-0.2, 0) is 26.4 Å². The van der Waals surface area contributed by atoms with Crippen LogP contribution in [0.1, 0.15) is 20.8 Å². The lowest BCUT2D eigenvalue weighted by Gasteiger charge is -2.12. The predicted molar refractivity (Wildman–Crippen MR) is 99.2 cm³/mol. The molecule has 0 fully saturated rings. The smallest absolute Gasteiger partial charge is 0.354 e. The van der Waals surface area contributed by atoms with Crippen molar-refractivity contribution in [1.29, 1.82) is 0 Å². The first kappa shape index (κ1) is 19.4. The topological polar surface area (TPSA) is 112 Å². The molecule has 0 unspecified atom stereocenters. The van der Waals surface area contributed by atoms with Crippen molar-refractivity contribution in [2.24, 2.45) is 7.05 Å². The second-order valence-corrected chi connectivity index (χ2v) is 7.84. The van der Waals surface area contributed by atoms with Crippen molar-refractivity contribution >= 4 is 32.7 Å². The van der Waals surface area contributed by atoms with E-state index in [9.17, 15) is 23.1 Å². The molecule has 0 saturated carbocycles. The number of fused-ring (bicyclic) bond motifs is 1. The zero-order valence-electron chi connectivity index (χ0n) is 15.3. The van der Waals surface area contributed by atoms with Gasteiger partial charge in [-0.25, -0.2) is 18.0 Å². The Labute approximate surface area is 160 Å². The molecule has 8 nitrogen and oxygen atoms in total. The quantitative estimate of drug-likeness (QED) is 0.665. The van der Waals surface area contributed by atoms with Gasteiger partial charge in [0, 0.05) is 12.4 Å². The minimum Gasteiger partial charge on any atom is -0.505 e. The van der Waals surface area contributed by atoms with Gasteiger partial charge in [-0.05, 0) is 24.3 Å². The SMILES string of the molecule is COC(=O)c1cc(S(=O)(=O)c2ccccc2)c2cc(C(=O)OC)n(C)c2c1O. The third kappa shape index (κ3) is 2.89. The summed E-state index contributed by atoms with van der Waals surface area (Å²) < 4.78 is 37.1. The molecule has 0 aliphatic heterocycles. The van der Waals surface area contributed by atoms with Crippen LogP contribution in [0.5, 0.6) is 5.75 Å². The largest absolute Gasteiger partial charge is 0.505 e. The van der Waals surface area contributed by atoms with Crippen LogP contribution in [0.2, 0.25) is 0 Å². The Balaban J connectivity index is 2.47. The molecule has 0 saturated heterocycles. The highest BCUT2D eigenvalue weighted by atomic mass is 32.2. The van der Waals surface area contributed by atoms with Crippen LogP contribution in [-0.4, -0.2) is 44.2 Å². The number of hydrogen-bond donors (Lipinski definition) is 1. The molecule has 1 aromatic heterocycles. The Hall–Kier alpha value is -3.33. The van der Waals surface area contributed by atoms with E-state index in [4.69, 9.17) is 4.74 Å². The second kappa shape index (κ2) is 7.01. The molecule has 1 N–H and O–H groups in total. The highest BCUT2D eigenvalue weighted by molar-refractivity contribution is 7.91. The number of carbonyl (C=O) groups is 2. The van der Waals surface area contributed by atoms with Crippen molar-refractivity contribution in [1.82, 2.24) is 4.57 Å². The third-order valence-corrected chi connectivity index (χ3v) is 6.21. The summed E-state index contributed by atoms with van der Waals surface area (Å²) in [7, 11) is -0.319. The Bertz CT molecular complexity index is 1190. The van der Waals surface area contributed by atoms with E-state index in [1.807, 2.05) is 0 Å². The number of ether oxygens (including phenoxy) is 2. The van der Waals surface area contributed by atoms with Gasteiger partial charge in [-0.2, -0.15) is 0 Å². The van der Waals surface area contributed by atoms with E-state index in [1.165, 1.54) is 36.9 Å². The number of methoxy groups -OCH3 is 2. The Kier molecular flexibility index (Phi) is 4.86. The number of nitrogens with zero attached hydrogens (tertiary/aromatic N) is 1. The number of phenols is 1. The zero-order valence-corrected chi connectivity index (χ0v) is 16.1. The van der Waals surface area contributed by atoms with Crippen molar-refractivity contribution in [3.63, 3.8) is 0 Å². The Morgan fingerprint density at radius 2 is 1.61 bits per heavy atom. The molecule has 1 heterocycles. The van der Waals surface area contributed by atoms with E-state index in [2.05, 4.69) is 4.74 Å². The van der Waals surface area contributed by atoms with Gasteiger partial charge in [-0.15, -0.1) is 0 Å². The van der Waals surface area contributed by atoms with Crippen molar-refractivity contribution in [3.05, 3.63) is 53.7 Å². The second-order valence-electron chi connectivity index (χ2n) is 5.92. The highest BCUT2D eigenvalue weighted by Crippen LogP contribution is 2.38. The first-order valence-electron chi connectivity index (χ1n) is 8.06. The maximum atomic E-state index is 13.2. The first-order chi connectivity index (χ1) is 13.2. The molecule has 146 valence electrons. The van der Waals surface area contributed by atoms with Gasteiger partial charge in [0.15, 0.2) is 5.75 Å². The molecule has 0 bridgehead atoms. The zero-order chi connectivity index (χ0) is 20.6. The Morgan fingerprint density at radius 1 is 1.00 bits per heavy atom. The molecule has 0 radical (unpaired) electrons. The fraction of sp³-hybridized carbons (Fsp3) is 0.158. The number of rotatable bonds is 4. The van der Waals surface area contributed by atoms with E-state index < -0.39 is 27.5 Å². The molecule has 0 aliphatic rings. The number of benzene rings is 2. The van der Waals surface area contributed by atoms with E-state index in [0.717, 1.165) is 13.2 Å². The maximum absolute atomic E-state index is 13.2. The van der Waals surface area contributed by atoms with Crippen LogP contribution in [0, 0.1) is 0 Å². The van der Waals surface area contributed by atoms with Crippen molar-refractivity contribution in [2.45, 2.75) is 9.79 Å². The van der Waals surface area contributed by atoms with Gasteiger partial charge in [0.2, 0.25) is 9.84 Å². The standard InChI is InChI=1S/C19H17NO7S/c1-20-14(19(23)27-3)9-12-15(28(24,25)11-7-5-4-6-8-11)10-13(18(22)26-2)17(21)16(12)20/h4-10,21H,1-3H3. The van der Waals surface area contributed by atoms with Gasteiger partial charge >= 0.3 is 11.9 Å². The first-order valence-corrected chi connectivity index (χ1v) is 9.54. The lowest BCUT2D eigenvalue weighted by Crippen LogP contribution is -2.09. The summed E-state index contributed by atoms with van der Waals surface area (Å²) in [6.07, 6.45) is 0. The molecule has 0 spiro atoms. The molecule has 9 heteroatoms. The Morgan fingerprint density at radius 3 is 2.18 bits per heavy atom. The van der Waals surface area contributed by atoms with Crippen molar-refractivity contribution in [2.75, 3.05) is 14.2 Å². The van der Waals surface area contributed by atoms with Crippen LogP contribution in [0.15, 0.2) is 52.3 Å². The monoisotopic (exact) mass is 403 g/mol. The number of phenolic OH excluding ortho intramolecular Hbond substituents is 1. The summed E-state index contributed by atoms with van der Waals surface area (Å²) in [4.78, 5) is 23.9. The van der Waals surface area contributed by atoms with Crippen LogP contribution < -0.4 is 0 Å². The van der Waals surface area contributed by atoms with Crippen LogP contribution >= 0.6 is 0 Å². The van der Waals surface area contributed by atoms with Gasteiger partial charge in [-0.3, -0.25) is 0 Å². The van der Waals surface area contributed by atoms with E-state index in [0.29, 0.717) is 0 Å². The maximum Gasteiger partial charge on any atom is 0.354 e. The molecule has 0 aliphatic carbocycles. The highest BCUT2D eigenvalue weighted by Gasteiger charge is 2.29.